The van der Waals surface area contributed by atoms with Gasteiger partial charge >= 0.3 is 10.8 Å². The molecule has 4 aliphatic rings. The van der Waals surface area contributed by atoms with Gasteiger partial charge < -0.3 is 9.72 Å². The molecule has 6 unspecified atom stereocenters. The molecule has 0 spiro atoms. The first-order chi connectivity index (χ1) is 15.9. The van der Waals surface area contributed by atoms with Crippen LogP contribution < -0.4 is 4.87 Å². The first-order valence-corrected chi connectivity index (χ1v) is 13.5. The van der Waals surface area contributed by atoms with Crippen LogP contribution in [-0.2, 0) is 19.1 Å². The van der Waals surface area contributed by atoms with E-state index in [1.165, 1.54) is 11.3 Å². The first-order valence-electron chi connectivity index (χ1n) is 11.0. The predicted octanol–water partition coefficient (Wildman–Crippen LogP) is 3.24. The molecule has 2 aromatic rings. The summed E-state index contributed by atoms with van der Waals surface area (Å²) in [5.41, 5.74) is 1.11. The summed E-state index contributed by atoms with van der Waals surface area (Å²) >= 11 is 6.48. The fraction of sp³-hybridized carbons (Fsp3) is 0.478. The van der Waals surface area contributed by atoms with Gasteiger partial charge in [-0.05, 0) is 48.8 Å². The molecular formula is C23H21BrN2O5S2. The summed E-state index contributed by atoms with van der Waals surface area (Å²) in [4.78, 5) is 56.0. The summed E-state index contributed by atoms with van der Waals surface area (Å²) in [6.07, 6.45) is 0.825. The Bertz CT molecular complexity index is 1240. The van der Waals surface area contributed by atoms with Crippen molar-refractivity contribution < 1.29 is 19.1 Å². The highest BCUT2D eigenvalue weighted by Gasteiger charge is 2.69. The van der Waals surface area contributed by atoms with Crippen LogP contribution in [0.5, 0.6) is 0 Å². The lowest BCUT2D eigenvalue weighted by Crippen LogP contribution is -2.42. The van der Waals surface area contributed by atoms with Crippen molar-refractivity contribution in [3.8, 4) is 0 Å². The third-order valence-corrected chi connectivity index (χ3v) is 10.7. The van der Waals surface area contributed by atoms with Gasteiger partial charge in [-0.2, -0.15) is 0 Å². The molecule has 0 radical (unpaired) electrons. The molecule has 1 N–H and O–H groups in total. The van der Waals surface area contributed by atoms with E-state index in [1.54, 1.807) is 18.7 Å². The van der Waals surface area contributed by atoms with Gasteiger partial charge in [-0.15, -0.1) is 11.8 Å². The topological polar surface area (TPSA) is 96.5 Å². The van der Waals surface area contributed by atoms with Crippen LogP contribution in [-0.4, -0.2) is 46.1 Å². The zero-order valence-electron chi connectivity index (χ0n) is 17.7. The Labute approximate surface area is 206 Å². The second-order valence-electron chi connectivity index (χ2n) is 9.08. The number of H-pyrrole nitrogens is 1. The summed E-state index contributed by atoms with van der Waals surface area (Å²) in [5.74, 6) is -1.60. The molecule has 172 valence electrons. The molecule has 1 aromatic heterocycles. The number of nitrogens with zero attached hydrogens (tertiary/aromatic N) is 1. The Morgan fingerprint density at radius 2 is 1.97 bits per heavy atom. The minimum atomic E-state index is -0.551. The van der Waals surface area contributed by atoms with E-state index in [0.29, 0.717) is 0 Å². The van der Waals surface area contributed by atoms with Crippen molar-refractivity contribution in [2.24, 2.45) is 29.6 Å². The number of amides is 2. The maximum Gasteiger partial charge on any atom is 0.326 e. The molecule has 1 saturated heterocycles. The molecule has 1 aromatic carbocycles. The standard InChI is InChI=1S/C23H21BrN2O5S2/c1-2-31-13(27)8-26-21(28)16-11-7-12(17(16)22(26)29)18-15(11)14(9-4-3-5-10(24)6-9)19-20(32-18)25-23(30)33-19/h3-6,11-12,14-18H,2,7-8H2,1H3,(H,25,30)/t11?,12?,14-,15?,16?,17?,18?/m1/s1. The van der Waals surface area contributed by atoms with Crippen LogP contribution in [0.15, 0.2) is 38.6 Å². The van der Waals surface area contributed by atoms with Crippen molar-refractivity contribution in [2.45, 2.75) is 29.5 Å². The molecule has 7 nitrogen and oxygen atoms in total. The van der Waals surface area contributed by atoms with Gasteiger partial charge in [0.2, 0.25) is 11.8 Å². The Morgan fingerprint density at radius 3 is 2.70 bits per heavy atom. The van der Waals surface area contributed by atoms with Crippen LogP contribution in [0.2, 0.25) is 0 Å². The van der Waals surface area contributed by atoms with Crippen molar-refractivity contribution >= 4 is 56.8 Å². The normalized spacial score (nSPS) is 33.8. The molecule has 6 rings (SSSR count). The number of ether oxygens (including phenoxy) is 1. The van der Waals surface area contributed by atoms with E-state index in [4.69, 9.17) is 4.74 Å². The molecule has 2 amide bonds. The van der Waals surface area contributed by atoms with Crippen LogP contribution in [0.3, 0.4) is 0 Å². The number of hydrogen-bond acceptors (Lipinski definition) is 7. The van der Waals surface area contributed by atoms with E-state index in [1.807, 2.05) is 12.1 Å². The molecule has 33 heavy (non-hydrogen) atoms. The number of aromatic nitrogens is 1. The monoisotopic (exact) mass is 548 g/mol. The van der Waals surface area contributed by atoms with Gasteiger partial charge in [-0.25, -0.2) is 0 Å². The lowest BCUT2D eigenvalue weighted by molar-refractivity contribution is -0.153. The highest BCUT2D eigenvalue weighted by atomic mass is 79.9. The number of carbonyl (C=O) groups is 3. The van der Waals surface area contributed by atoms with E-state index in [-0.39, 0.29) is 64.7 Å². The van der Waals surface area contributed by atoms with Crippen LogP contribution in [0, 0.1) is 29.6 Å². The fourth-order valence-electron chi connectivity index (χ4n) is 6.64. The number of aromatic amines is 1. The number of thiazole rings is 1. The van der Waals surface area contributed by atoms with Crippen LogP contribution >= 0.6 is 39.0 Å². The number of halogens is 1. The summed E-state index contributed by atoms with van der Waals surface area (Å²) in [6.45, 7) is 1.60. The zero-order chi connectivity index (χ0) is 23.0. The van der Waals surface area contributed by atoms with Crippen molar-refractivity contribution in [3.05, 3.63) is 48.8 Å². The molecule has 2 aliphatic carbocycles. The van der Waals surface area contributed by atoms with Gasteiger partial charge in [0.05, 0.1) is 23.5 Å². The smallest absolute Gasteiger partial charge is 0.326 e. The van der Waals surface area contributed by atoms with E-state index < -0.39 is 11.9 Å². The minimum Gasteiger partial charge on any atom is -0.465 e. The van der Waals surface area contributed by atoms with Crippen molar-refractivity contribution in [3.63, 3.8) is 0 Å². The van der Waals surface area contributed by atoms with E-state index in [0.717, 1.165) is 31.3 Å². The van der Waals surface area contributed by atoms with Gasteiger partial charge in [0.15, 0.2) is 0 Å². The number of fused-ring (bicyclic) bond motifs is 9. The number of esters is 1. The molecule has 3 fully saturated rings. The number of rotatable bonds is 4. The maximum absolute atomic E-state index is 13.4. The summed E-state index contributed by atoms with van der Waals surface area (Å²) in [5, 5.41) is 1.03. The number of thioether (sulfide) groups is 1. The van der Waals surface area contributed by atoms with Gasteiger partial charge in [0, 0.05) is 20.5 Å². The lowest BCUT2D eigenvalue weighted by Gasteiger charge is -2.43. The van der Waals surface area contributed by atoms with Crippen LogP contribution in [0.25, 0.3) is 0 Å². The fourth-order valence-corrected chi connectivity index (χ4v) is 9.95. The van der Waals surface area contributed by atoms with Gasteiger partial charge in [-0.3, -0.25) is 24.1 Å². The minimum absolute atomic E-state index is 0.00865. The Hall–Kier alpha value is -1.91. The van der Waals surface area contributed by atoms with Crippen molar-refractivity contribution in [1.29, 1.82) is 0 Å². The largest absolute Gasteiger partial charge is 0.465 e. The third-order valence-electron chi connectivity index (χ3n) is 7.62. The van der Waals surface area contributed by atoms with Crippen LogP contribution in [0.4, 0.5) is 0 Å². The second kappa shape index (κ2) is 7.81. The summed E-state index contributed by atoms with van der Waals surface area (Å²) in [7, 11) is 0. The predicted molar refractivity (Wildman–Crippen MR) is 126 cm³/mol. The first kappa shape index (κ1) is 21.6. The molecule has 7 atom stereocenters. The number of benzene rings is 1. The Balaban J connectivity index is 1.40. The van der Waals surface area contributed by atoms with Gasteiger partial charge in [0.1, 0.15) is 6.54 Å². The Morgan fingerprint density at radius 1 is 1.21 bits per heavy atom. The number of likely N-dealkylation sites (tertiary alicyclic amines) is 1. The molecule has 2 bridgehead atoms. The zero-order valence-corrected chi connectivity index (χ0v) is 20.9. The number of nitrogens with one attached hydrogen (secondary N) is 1. The highest BCUT2D eigenvalue weighted by Crippen LogP contribution is 2.68. The third kappa shape index (κ3) is 3.13. The SMILES string of the molecule is CCOC(=O)CN1C(=O)C2C3CC(C2C1=O)C1C3Sc2[nH]c(=O)sc2[C@@H]1c1cccc(Br)c1. The highest BCUT2D eigenvalue weighted by molar-refractivity contribution is 9.10. The van der Waals surface area contributed by atoms with Crippen LogP contribution in [0.1, 0.15) is 29.7 Å². The molecule has 2 saturated carbocycles. The maximum atomic E-state index is 13.4. The number of imide groups is 1. The lowest BCUT2D eigenvalue weighted by atomic mass is 9.68. The quantitative estimate of drug-likeness (QED) is 0.465. The van der Waals surface area contributed by atoms with Crippen molar-refractivity contribution in [2.75, 3.05) is 13.2 Å². The van der Waals surface area contributed by atoms with Gasteiger partial charge in [0.25, 0.3) is 0 Å². The summed E-state index contributed by atoms with van der Waals surface area (Å²) < 4.78 is 5.96. The molecule has 3 heterocycles. The second-order valence-corrected chi connectivity index (χ2v) is 12.2. The van der Waals surface area contributed by atoms with E-state index >= 15 is 0 Å². The average molecular weight is 549 g/mol. The average Bonchev–Trinajstić information content (AvgIpc) is 3.49. The van der Waals surface area contributed by atoms with E-state index in [2.05, 4.69) is 33.0 Å². The van der Waals surface area contributed by atoms with Gasteiger partial charge in [-0.1, -0.05) is 39.4 Å². The molecule has 10 heteroatoms. The Kier molecular flexibility index (Phi) is 5.12. The van der Waals surface area contributed by atoms with E-state index in [9.17, 15) is 19.2 Å². The molecule has 2 aliphatic heterocycles. The van der Waals surface area contributed by atoms with Crippen molar-refractivity contribution in [1.82, 2.24) is 9.88 Å². The number of carbonyl (C=O) groups excluding carboxylic acids is 3. The number of hydrogen-bond donors (Lipinski definition) is 1. The molecular weight excluding hydrogens is 528 g/mol. The summed E-state index contributed by atoms with van der Waals surface area (Å²) in [6, 6.07) is 8.13.